The largest absolute Gasteiger partial charge is 0.439 e. The van der Waals surface area contributed by atoms with E-state index in [0.29, 0.717) is 18.2 Å². The number of halogens is 1. The molecule has 0 atom stereocenters. The Morgan fingerprint density at radius 1 is 1.20 bits per heavy atom. The fraction of sp³-hybridized carbons (Fsp3) is 0.312. The molecule has 0 aliphatic rings. The third kappa shape index (κ3) is 4.31. The van der Waals surface area contributed by atoms with Crippen LogP contribution in [0.15, 0.2) is 42.6 Å². The standard InChI is InChI=1S/C16H19FN2O/c1-16(2,3)19-11-12-6-5-9-18-15(12)20-14-8-4-7-13(17)10-14/h4-10,19H,11H2,1-3H3. The van der Waals surface area contributed by atoms with Crippen LogP contribution in [0.5, 0.6) is 11.6 Å². The van der Waals surface area contributed by atoms with Gasteiger partial charge in [0.1, 0.15) is 11.6 Å². The van der Waals surface area contributed by atoms with Gasteiger partial charge in [0.25, 0.3) is 0 Å². The summed E-state index contributed by atoms with van der Waals surface area (Å²) in [5.41, 5.74) is 0.943. The zero-order chi connectivity index (χ0) is 14.6. The average molecular weight is 274 g/mol. The second kappa shape index (κ2) is 6.01. The van der Waals surface area contributed by atoms with Gasteiger partial charge in [0.2, 0.25) is 5.88 Å². The molecule has 20 heavy (non-hydrogen) atoms. The molecule has 0 spiro atoms. The van der Waals surface area contributed by atoms with E-state index in [1.807, 2.05) is 12.1 Å². The predicted molar refractivity (Wildman–Crippen MR) is 77.3 cm³/mol. The minimum absolute atomic E-state index is 0.00592. The minimum atomic E-state index is -0.326. The summed E-state index contributed by atoms with van der Waals surface area (Å²) in [5.74, 6) is 0.614. The third-order valence-electron chi connectivity index (χ3n) is 2.67. The number of ether oxygens (including phenoxy) is 1. The second-order valence-electron chi connectivity index (χ2n) is 5.63. The van der Waals surface area contributed by atoms with Gasteiger partial charge in [0.15, 0.2) is 0 Å². The predicted octanol–water partition coefficient (Wildman–Crippen LogP) is 3.90. The fourth-order valence-corrected chi connectivity index (χ4v) is 1.65. The zero-order valence-electron chi connectivity index (χ0n) is 12.0. The summed E-state index contributed by atoms with van der Waals surface area (Å²) in [6.07, 6.45) is 1.66. The molecule has 1 heterocycles. The van der Waals surface area contributed by atoms with Gasteiger partial charge in [-0.05, 0) is 39.0 Å². The first-order valence-electron chi connectivity index (χ1n) is 6.56. The first-order chi connectivity index (χ1) is 9.44. The summed E-state index contributed by atoms with van der Waals surface area (Å²) in [6.45, 7) is 6.92. The Kier molecular flexibility index (Phi) is 4.35. The van der Waals surface area contributed by atoms with Crippen molar-refractivity contribution in [2.75, 3.05) is 0 Å². The molecule has 1 N–H and O–H groups in total. The molecule has 2 aromatic rings. The number of pyridine rings is 1. The van der Waals surface area contributed by atoms with E-state index in [9.17, 15) is 4.39 Å². The Morgan fingerprint density at radius 3 is 2.70 bits per heavy atom. The highest BCUT2D eigenvalue weighted by molar-refractivity contribution is 5.32. The van der Waals surface area contributed by atoms with Crippen molar-refractivity contribution in [1.29, 1.82) is 0 Å². The van der Waals surface area contributed by atoms with Gasteiger partial charge in [-0.1, -0.05) is 12.1 Å². The van der Waals surface area contributed by atoms with Crippen molar-refractivity contribution in [2.24, 2.45) is 0 Å². The molecule has 0 saturated carbocycles. The van der Waals surface area contributed by atoms with Crippen LogP contribution in [0.4, 0.5) is 4.39 Å². The van der Waals surface area contributed by atoms with E-state index in [-0.39, 0.29) is 11.4 Å². The molecule has 0 aliphatic heterocycles. The van der Waals surface area contributed by atoms with Crippen LogP contribution in [0.2, 0.25) is 0 Å². The van der Waals surface area contributed by atoms with Gasteiger partial charge in [-0.2, -0.15) is 0 Å². The molecule has 0 radical (unpaired) electrons. The van der Waals surface area contributed by atoms with Crippen LogP contribution >= 0.6 is 0 Å². The second-order valence-corrected chi connectivity index (χ2v) is 5.63. The number of rotatable bonds is 4. The van der Waals surface area contributed by atoms with E-state index in [4.69, 9.17) is 4.74 Å². The molecule has 1 aromatic carbocycles. The lowest BCUT2D eigenvalue weighted by molar-refractivity contribution is 0.408. The topological polar surface area (TPSA) is 34.2 Å². The van der Waals surface area contributed by atoms with Crippen LogP contribution in [0, 0.1) is 5.82 Å². The lowest BCUT2D eigenvalue weighted by Crippen LogP contribution is -2.35. The molecule has 2 rings (SSSR count). The highest BCUT2D eigenvalue weighted by Crippen LogP contribution is 2.23. The maximum absolute atomic E-state index is 13.2. The quantitative estimate of drug-likeness (QED) is 0.918. The molecule has 0 saturated heterocycles. The Morgan fingerprint density at radius 2 is 2.00 bits per heavy atom. The summed E-state index contributed by atoms with van der Waals surface area (Å²) in [6, 6.07) is 9.85. The Labute approximate surface area is 118 Å². The van der Waals surface area contributed by atoms with Crippen molar-refractivity contribution >= 4 is 0 Å². The summed E-state index contributed by atoms with van der Waals surface area (Å²) >= 11 is 0. The summed E-state index contributed by atoms with van der Waals surface area (Å²) < 4.78 is 18.8. The summed E-state index contributed by atoms with van der Waals surface area (Å²) in [4.78, 5) is 4.22. The molecule has 1 aromatic heterocycles. The maximum atomic E-state index is 13.2. The van der Waals surface area contributed by atoms with Crippen LogP contribution in [-0.4, -0.2) is 10.5 Å². The molecule has 0 unspecified atom stereocenters. The number of hydrogen-bond donors (Lipinski definition) is 1. The van der Waals surface area contributed by atoms with Gasteiger partial charge in [-0.3, -0.25) is 0 Å². The first kappa shape index (κ1) is 14.5. The van der Waals surface area contributed by atoms with Crippen molar-refractivity contribution in [3.63, 3.8) is 0 Å². The van der Waals surface area contributed by atoms with Gasteiger partial charge < -0.3 is 10.1 Å². The normalized spacial score (nSPS) is 11.4. The molecule has 4 heteroatoms. The third-order valence-corrected chi connectivity index (χ3v) is 2.67. The molecule has 0 bridgehead atoms. The van der Waals surface area contributed by atoms with Crippen LogP contribution in [-0.2, 0) is 6.54 Å². The number of hydrogen-bond acceptors (Lipinski definition) is 3. The summed E-state index contributed by atoms with van der Waals surface area (Å²) in [5, 5.41) is 3.38. The van der Waals surface area contributed by atoms with Gasteiger partial charge >= 0.3 is 0 Å². The highest BCUT2D eigenvalue weighted by Gasteiger charge is 2.12. The molecular formula is C16H19FN2O. The maximum Gasteiger partial charge on any atom is 0.223 e. The SMILES string of the molecule is CC(C)(C)NCc1cccnc1Oc1cccc(F)c1. The lowest BCUT2D eigenvalue weighted by atomic mass is 10.1. The Hall–Kier alpha value is -1.94. The number of benzene rings is 1. The van der Waals surface area contributed by atoms with Gasteiger partial charge in [-0.25, -0.2) is 9.37 Å². The van der Waals surface area contributed by atoms with Crippen molar-refractivity contribution in [3.8, 4) is 11.6 Å². The zero-order valence-corrected chi connectivity index (χ0v) is 12.0. The van der Waals surface area contributed by atoms with Crippen molar-refractivity contribution < 1.29 is 9.13 Å². The highest BCUT2D eigenvalue weighted by atomic mass is 19.1. The van der Waals surface area contributed by atoms with Gasteiger partial charge in [0, 0.05) is 29.9 Å². The molecular weight excluding hydrogens is 255 g/mol. The van der Waals surface area contributed by atoms with Gasteiger partial charge in [0.05, 0.1) is 0 Å². The van der Waals surface area contributed by atoms with E-state index in [1.54, 1.807) is 18.3 Å². The molecule has 0 fully saturated rings. The fourth-order valence-electron chi connectivity index (χ4n) is 1.65. The molecule has 106 valence electrons. The van der Waals surface area contributed by atoms with Crippen LogP contribution < -0.4 is 10.1 Å². The molecule has 0 aliphatic carbocycles. The lowest BCUT2D eigenvalue weighted by Gasteiger charge is -2.21. The molecule has 3 nitrogen and oxygen atoms in total. The van der Waals surface area contributed by atoms with E-state index < -0.39 is 0 Å². The number of nitrogens with zero attached hydrogens (tertiary/aromatic N) is 1. The molecule has 0 amide bonds. The number of nitrogens with one attached hydrogen (secondary N) is 1. The van der Waals surface area contributed by atoms with Crippen molar-refractivity contribution in [1.82, 2.24) is 10.3 Å². The van der Waals surface area contributed by atoms with Crippen LogP contribution in [0.25, 0.3) is 0 Å². The Balaban J connectivity index is 2.15. The summed E-state index contributed by atoms with van der Waals surface area (Å²) in [7, 11) is 0. The first-order valence-corrected chi connectivity index (χ1v) is 6.56. The van der Waals surface area contributed by atoms with Crippen molar-refractivity contribution in [2.45, 2.75) is 32.9 Å². The number of aromatic nitrogens is 1. The van der Waals surface area contributed by atoms with E-state index >= 15 is 0 Å². The van der Waals surface area contributed by atoms with Gasteiger partial charge in [-0.15, -0.1) is 0 Å². The monoisotopic (exact) mass is 274 g/mol. The minimum Gasteiger partial charge on any atom is -0.439 e. The van der Waals surface area contributed by atoms with E-state index in [1.165, 1.54) is 12.1 Å². The Bertz CT molecular complexity index is 579. The van der Waals surface area contributed by atoms with E-state index in [2.05, 4.69) is 31.1 Å². The van der Waals surface area contributed by atoms with Crippen LogP contribution in [0.1, 0.15) is 26.3 Å². The van der Waals surface area contributed by atoms with Crippen molar-refractivity contribution in [3.05, 3.63) is 54.0 Å². The van der Waals surface area contributed by atoms with E-state index in [0.717, 1.165) is 5.56 Å². The van der Waals surface area contributed by atoms with Crippen LogP contribution in [0.3, 0.4) is 0 Å². The average Bonchev–Trinajstić information content (AvgIpc) is 2.37. The smallest absolute Gasteiger partial charge is 0.223 e.